The van der Waals surface area contributed by atoms with Gasteiger partial charge in [0.2, 0.25) is 0 Å². The molecule has 0 fully saturated rings. The highest BCUT2D eigenvalue weighted by atomic mass is 16.5. The second-order valence-corrected chi connectivity index (χ2v) is 7.14. The normalized spacial score (nSPS) is 12.4. The maximum atomic E-state index is 12.0. The van der Waals surface area contributed by atoms with Crippen LogP contribution in [0.15, 0.2) is 60.7 Å². The smallest absolute Gasteiger partial charge is 0.331 e. The summed E-state index contributed by atoms with van der Waals surface area (Å²) in [7, 11) is 0. The van der Waals surface area contributed by atoms with Crippen LogP contribution in [0.3, 0.4) is 0 Å². The molecule has 1 amide bonds. The Kier molecular flexibility index (Phi) is 6.77. The van der Waals surface area contributed by atoms with E-state index in [1.54, 1.807) is 13.0 Å². The van der Waals surface area contributed by atoms with Gasteiger partial charge in [-0.1, -0.05) is 30.3 Å². The summed E-state index contributed by atoms with van der Waals surface area (Å²) in [6, 6.07) is 16.8. The number of rotatable bonds is 6. The van der Waals surface area contributed by atoms with E-state index in [1.807, 2.05) is 75.4 Å². The number of hydrogen-bond acceptors (Lipinski definition) is 4. The fourth-order valence-corrected chi connectivity index (χ4v) is 2.21. The second kappa shape index (κ2) is 9.03. The lowest BCUT2D eigenvalue weighted by Crippen LogP contribution is -2.46. The molecule has 0 aliphatic heterocycles. The van der Waals surface area contributed by atoms with Crippen molar-refractivity contribution in [1.82, 2.24) is 5.32 Å². The number of hydrogen-bond donors (Lipinski definition) is 1. The Hall–Kier alpha value is -3.08. The van der Waals surface area contributed by atoms with E-state index in [0.717, 1.165) is 11.3 Å². The highest BCUT2D eigenvalue weighted by Crippen LogP contribution is 2.22. The number of benzene rings is 2. The quantitative estimate of drug-likeness (QED) is 0.609. The van der Waals surface area contributed by atoms with Crippen molar-refractivity contribution in [3.63, 3.8) is 0 Å². The van der Waals surface area contributed by atoms with Crippen molar-refractivity contribution in [1.29, 1.82) is 0 Å². The molecule has 2 rings (SSSR count). The third-order valence-electron chi connectivity index (χ3n) is 3.41. The number of para-hydroxylation sites is 1. The van der Waals surface area contributed by atoms with Gasteiger partial charge in [-0.25, -0.2) is 4.79 Å². The van der Waals surface area contributed by atoms with Crippen LogP contribution in [0.2, 0.25) is 0 Å². The van der Waals surface area contributed by atoms with E-state index in [1.165, 1.54) is 6.08 Å². The molecule has 0 aliphatic carbocycles. The molecule has 0 unspecified atom stereocenters. The molecule has 2 aromatic carbocycles. The van der Waals surface area contributed by atoms with Gasteiger partial charge in [-0.15, -0.1) is 0 Å². The van der Waals surface area contributed by atoms with Gasteiger partial charge in [-0.05, 0) is 63.6 Å². The molecule has 0 aromatic heterocycles. The van der Waals surface area contributed by atoms with E-state index in [9.17, 15) is 9.59 Å². The summed E-state index contributed by atoms with van der Waals surface area (Å²) in [5.41, 5.74) is 0.402. The maximum absolute atomic E-state index is 12.0. The van der Waals surface area contributed by atoms with Crippen molar-refractivity contribution in [3.8, 4) is 11.5 Å². The zero-order valence-corrected chi connectivity index (χ0v) is 16.1. The number of esters is 1. The Morgan fingerprint density at radius 1 is 1.00 bits per heavy atom. The van der Waals surface area contributed by atoms with Crippen molar-refractivity contribution in [2.24, 2.45) is 0 Å². The molecule has 0 bridgehead atoms. The van der Waals surface area contributed by atoms with E-state index >= 15 is 0 Å². The van der Waals surface area contributed by atoms with Crippen molar-refractivity contribution in [2.45, 2.75) is 39.3 Å². The van der Waals surface area contributed by atoms with Gasteiger partial charge in [0.05, 0.1) is 0 Å². The summed E-state index contributed by atoms with van der Waals surface area (Å²) < 4.78 is 10.9. The predicted octanol–water partition coefficient (Wildman–Crippen LogP) is 4.34. The van der Waals surface area contributed by atoms with Crippen molar-refractivity contribution in [2.75, 3.05) is 0 Å². The van der Waals surface area contributed by atoms with Crippen LogP contribution in [0, 0.1) is 0 Å². The molecule has 0 aliphatic rings. The first-order valence-electron chi connectivity index (χ1n) is 8.77. The number of amides is 1. The Bertz CT molecular complexity index is 807. The molecular formula is C22H25NO4. The Balaban J connectivity index is 1.94. The number of carbonyl (C=O) groups excluding carboxylic acids is 2. The lowest BCUT2D eigenvalue weighted by molar-refractivity contribution is -0.150. The van der Waals surface area contributed by atoms with Crippen LogP contribution in [-0.2, 0) is 14.3 Å². The molecule has 0 heterocycles. The average molecular weight is 367 g/mol. The molecule has 1 atom stereocenters. The summed E-state index contributed by atoms with van der Waals surface area (Å²) in [4.78, 5) is 23.9. The van der Waals surface area contributed by atoms with Gasteiger partial charge in [0.15, 0.2) is 6.10 Å². The summed E-state index contributed by atoms with van der Waals surface area (Å²) in [6.45, 7) is 7.14. The third kappa shape index (κ3) is 7.36. The van der Waals surface area contributed by atoms with Crippen LogP contribution in [-0.4, -0.2) is 23.5 Å². The third-order valence-corrected chi connectivity index (χ3v) is 3.41. The number of ether oxygens (including phenoxy) is 2. The van der Waals surface area contributed by atoms with E-state index in [2.05, 4.69) is 5.32 Å². The van der Waals surface area contributed by atoms with Gasteiger partial charge in [-0.3, -0.25) is 4.79 Å². The van der Waals surface area contributed by atoms with Crippen LogP contribution in [0.4, 0.5) is 0 Å². The standard InChI is InChI=1S/C22H25NO4/c1-16(21(25)23-22(2,3)4)26-20(24)14-13-17-9-8-12-19(15-17)27-18-10-6-5-7-11-18/h5-16H,1-4H3,(H,23,25)/b14-13+/t16-/m0/s1. The van der Waals surface area contributed by atoms with Crippen molar-refractivity contribution < 1.29 is 19.1 Å². The van der Waals surface area contributed by atoms with Gasteiger partial charge in [-0.2, -0.15) is 0 Å². The lowest BCUT2D eigenvalue weighted by Gasteiger charge is -2.22. The highest BCUT2D eigenvalue weighted by Gasteiger charge is 2.21. The molecular weight excluding hydrogens is 342 g/mol. The van der Waals surface area contributed by atoms with Crippen LogP contribution in [0.25, 0.3) is 6.08 Å². The first-order valence-corrected chi connectivity index (χ1v) is 8.77. The summed E-state index contributed by atoms with van der Waals surface area (Å²) in [5, 5.41) is 2.77. The molecule has 1 N–H and O–H groups in total. The van der Waals surface area contributed by atoms with E-state index < -0.39 is 12.1 Å². The molecule has 0 spiro atoms. The Morgan fingerprint density at radius 3 is 2.33 bits per heavy atom. The molecule has 5 heteroatoms. The monoisotopic (exact) mass is 367 g/mol. The Labute approximate surface area is 160 Å². The zero-order valence-electron chi connectivity index (χ0n) is 16.1. The highest BCUT2D eigenvalue weighted by molar-refractivity contribution is 5.90. The van der Waals surface area contributed by atoms with Crippen LogP contribution in [0.5, 0.6) is 11.5 Å². The average Bonchev–Trinajstić information content (AvgIpc) is 2.60. The fraction of sp³-hybridized carbons (Fsp3) is 0.273. The van der Waals surface area contributed by atoms with Gasteiger partial charge >= 0.3 is 5.97 Å². The predicted molar refractivity (Wildman–Crippen MR) is 105 cm³/mol. The molecule has 0 radical (unpaired) electrons. The molecule has 2 aromatic rings. The summed E-state index contributed by atoms with van der Waals surface area (Å²) in [6.07, 6.45) is 2.05. The molecule has 5 nitrogen and oxygen atoms in total. The van der Waals surface area contributed by atoms with E-state index in [4.69, 9.17) is 9.47 Å². The first-order chi connectivity index (χ1) is 12.7. The minimum absolute atomic E-state index is 0.331. The van der Waals surface area contributed by atoms with Gasteiger partial charge in [0.1, 0.15) is 11.5 Å². The summed E-state index contributed by atoms with van der Waals surface area (Å²) >= 11 is 0. The Morgan fingerprint density at radius 2 is 1.67 bits per heavy atom. The van der Waals surface area contributed by atoms with Crippen LogP contribution >= 0.6 is 0 Å². The molecule has 0 saturated carbocycles. The molecule has 0 saturated heterocycles. The number of nitrogens with one attached hydrogen (secondary N) is 1. The van der Waals surface area contributed by atoms with Crippen LogP contribution < -0.4 is 10.1 Å². The topological polar surface area (TPSA) is 64.6 Å². The minimum Gasteiger partial charge on any atom is -0.457 e. The van der Waals surface area contributed by atoms with E-state index in [0.29, 0.717) is 5.75 Å². The van der Waals surface area contributed by atoms with Crippen LogP contribution in [0.1, 0.15) is 33.3 Å². The maximum Gasteiger partial charge on any atom is 0.331 e. The zero-order chi connectivity index (χ0) is 19.9. The second-order valence-electron chi connectivity index (χ2n) is 7.14. The minimum atomic E-state index is -0.867. The van der Waals surface area contributed by atoms with Gasteiger partial charge in [0.25, 0.3) is 5.91 Å². The van der Waals surface area contributed by atoms with E-state index in [-0.39, 0.29) is 11.4 Å². The van der Waals surface area contributed by atoms with Crippen molar-refractivity contribution in [3.05, 3.63) is 66.2 Å². The van der Waals surface area contributed by atoms with Gasteiger partial charge in [0, 0.05) is 11.6 Å². The number of carbonyl (C=O) groups is 2. The summed E-state index contributed by atoms with van der Waals surface area (Å²) in [5.74, 6) is 0.481. The van der Waals surface area contributed by atoms with Crippen molar-refractivity contribution >= 4 is 18.0 Å². The molecule has 27 heavy (non-hydrogen) atoms. The molecule has 142 valence electrons. The first kappa shape index (κ1) is 20.2. The fourth-order valence-electron chi connectivity index (χ4n) is 2.21. The van der Waals surface area contributed by atoms with Gasteiger partial charge < -0.3 is 14.8 Å². The largest absolute Gasteiger partial charge is 0.457 e. The lowest BCUT2D eigenvalue weighted by atomic mass is 10.1. The SMILES string of the molecule is C[C@H](OC(=O)/C=C/c1cccc(Oc2ccccc2)c1)C(=O)NC(C)(C)C.